The highest BCUT2D eigenvalue weighted by atomic mass is 35.5. The second-order valence-corrected chi connectivity index (χ2v) is 6.55. The summed E-state index contributed by atoms with van der Waals surface area (Å²) in [4.78, 5) is 11.0. The van der Waals surface area contributed by atoms with Crippen molar-refractivity contribution in [2.75, 3.05) is 19.1 Å². The van der Waals surface area contributed by atoms with E-state index in [0.717, 1.165) is 31.4 Å². The molecule has 0 fully saturated rings. The van der Waals surface area contributed by atoms with Gasteiger partial charge in [0.15, 0.2) is 5.75 Å². The number of anilines is 1. The Balaban J connectivity index is 2.14. The van der Waals surface area contributed by atoms with Gasteiger partial charge in [0.1, 0.15) is 0 Å². The highest BCUT2D eigenvalue weighted by molar-refractivity contribution is 6.30. The van der Waals surface area contributed by atoms with Gasteiger partial charge in [0.25, 0.3) is 0 Å². The van der Waals surface area contributed by atoms with Crippen molar-refractivity contribution in [1.29, 1.82) is 0 Å². The summed E-state index contributed by atoms with van der Waals surface area (Å²) in [6.45, 7) is 2.53. The number of nitrogens with one attached hydrogen (secondary N) is 1. The zero-order valence-corrected chi connectivity index (χ0v) is 16.7. The molecule has 0 spiro atoms. The molecule has 0 heterocycles. The van der Waals surface area contributed by atoms with E-state index in [-0.39, 0.29) is 11.4 Å². The van der Waals surface area contributed by atoms with E-state index in [1.807, 2.05) is 0 Å². The van der Waals surface area contributed by atoms with Crippen LogP contribution in [0.3, 0.4) is 0 Å². The summed E-state index contributed by atoms with van der Waals surface area (Å²) in [6.07, 6.45) is 5.56. The number of hydrogen-bond acceptors (Lipinski definition) is 6. The molecule has 2 aromatic carbocycles. The third-order valence-electron chi connectivity index (χ3n) is 3.97. The van der Waals surface area contributed by atoms with E-state index < -0.39 is 4.92 Å². The fourth-order valence-corrected chi connectivity index (χ4v) is 2.65. The Bertz CT molecular complexity index is 810. The molecule has 8 heteroatoms. The number of hydrazone groups is 1. The number of nitrogens with zero attached hydrogens (tertiary/aromatic N) is 2. The lowest BCUT2D eigenvalue weighted by molar-refractivity contribution is -0.386. The van der Waals surface area contributed by atoms with Crippen molar-refractivity contribution in [2.45, 2.75) is 32.6 Å². The Labute approximate surface area is 169 Å². The summed E-state index contributed by atoms with van der Waals surface area (Å²) >= 11 is 5.84. The number of ether oxygens (including phenoxy) is 2. The van der Waals surface area contributed by atoms with Crippen LogP contribution < -0.4 is 14.9 Å². The number of hydrogen-bond donors (Lipinski definition) is 1. The van der Waals surface area contributed by atoms with Crippen LogP contribution in [0.2, 0.25) is 5.02 Å². The van der Waals surface area contributed by atoms with Crippen LogP contribution in [0.25, 0.3) is 0 Å². The molecule has 1 N–H and O–H groups in total. The number of benzene rings is 2. The maximum absolute atomic E-state index is 11.5. The monoisotopic (exact) mass is 405 g/mol. The molecular formula is C20H24ClN3O4. The summed E-state index contributed by atoms with van der Waals surface area (Å²) in [7, 11) is 1.45. The third-order valence-corrected chi connectivity index (χ3v) is 4.22. The van der Waals surface area contributed by atoms with Crippen LogP contribution in [0.15, 0.2) is 41.5 Å². The Kier molecular flexibility index (Phi) is 8.55. The van der Waals surface area contributed by atoms with Gasteiger partial charge in [-0.1, -0.05) is 37.8 Å². The van der Waals surface area contributed by atoms with E-state index in [2.05, 4.69) is 17.5 Å². The van der Waals surface area contributed by atoms with Gasteiger partial charge in [0, 0.05) is 16.7 Å². The quantitative estimate of drug-likeness (QED) is 0.225. The highest BCUT2D eigenvalue weighted by Crippen LogP contribution is 2.38. The van der Waals surface area contributed by atoms with Gasteiger partial charge in [-0.25, -0.2) is 0 Å². The van der Waals surface area contributed by atoms with E-state index in [4.69, 9.17) is 21.1 Å². The molecule has 2 aromatic rings. The molecule has 0 aliphatic rings. The molecule has 0 aliphatic heterocycles. The first kappa shape index (κ1) is 21.5. The maximum Gasteiger partial charge on any atom is 0.315 e. The van der Waals surface area contributed by atoms with Crippen LogP contribution in [0, 0.1) is 10.1 Å². The molecule has 0 bridgehead atoms. The number of halogens is 1. The maximum atomic E-state index is 11.5. The van der Waals surface area contributed by atoms with Crippen LogP contribution in [0.1, 0.15) is 38.2 Å². The lowest BCUT2D eigenvalue weighted by Gasteiger charge is -2.12. The standard InChI is InChI=1S/C20H24ClN3O4/c1-3-4-5-6-11-28-20-18(24(25)26)12-15(13-19(20)27-2)14-22-23-17-9-7-16(21)8-10-17/h7-10,12-14,23H,3-6,11H2,1-2H3/b22-14+. The summed E-state index contributed by atoms with van der Waals surface area (Å²) in [6, 6.07) is 10.1. The van der Waals surface area contributed by atoms with Gasteiger partial charge in [0.2, 0.25) is 5.75 Å². The number of nitro groups is 1. The molecule has 0 atom stereocenters. The van der Waals surface area contributed by atoms with Gasteiger partial charge in [-0.05, 0) is 36.8 Å². The minimum Gasteiger partial charge on any atom is -0.493 e. The van der Waals surface area contributed by atoms with Crippen molar-refractivity contribution in [2.24, 2.45) is 5.10 Å². The van der Waals surface area contributed by atoms with Crippen molar-refractivity contribution in [3.05, 3.63) is 57.1 Å². The second kappa shape index (κ2) is 11.1. The summed E-state index contributed by atoms with van der Waals surface area (Å²) in [5, 5.41) is 16.2. The smallest absolute Gasteiger partial charge is 0.315 e. The van der Waals surface area contributed by atoms with E-state index in [0.29, 0.717) is 22.9 Å². The lowest BCUT2D eigenvalue weighted by atomic mass is 10.1. The average Bonchev–Trinajstić information content (AvgIpc) is 2.69. The predicted molar refractivity (Wildman–Crippen MR) is 112 cm³/mol. The first-order valence-electron chi connectivity index (χ1n) is 9.09. The minimum atomic E-state index is -0.478. The topological polar surface area (TPSA) is 86.0 Å². The van der Waals surface area contributed by atoms with Gasteiger partial charge >= 0.3 is 5.69 Å². The number of rotatable bonds is 11. The van der Waals surface area contributed by atoms with E-state index >= 15 is 0 Å². The first-order valence-corrected chi connectivity index (χ1v) is 9.46. The molecule has 0 amide bonds. The molecule has 0 aromatic heterocycles. The zero-order valence-electron chi connectivity index (χ0n) is 16.0. The molecule has 0 saturated heterocycles. The molecule has 0 aliphatic carbocycles. The highest BCUT2D eigenvalue weighted by Gasteiger charge is 2.22. The molecule has 2 rings (SSSR count). The van der Waals surface area contributed by atoms with E-state index in [9.17, 15) is 10.1 Å². The van der Waals surface area contributed by atoms with Gasteiger partial charge < -0.3 is 9.47 Å². The van der Waals surface area contributed by atoms with Gasteiger partial charge in [0.05, 0.1) is 30.5 Å². The normalized spacial score (nSPS) is 10.8. The number of nitro benzene ring substituents is 1. The minimum absolute atomic E-state index is 0.145. The summed E-state index contributed by atoms with van der Waals surface area (Å²) in [5.74, 6) is 0.449. The van der Waals surface area contributed by atoms with Gasteiger partial charge in [-0.2, -0.15) is 5.10 Å². The Hall–Kier alpha value is -2.80. The van der Waals surface area contributed by atoms with Crippen LogP contribution in [-0.2, 0) is 0 Å². The molecule has 0 unspecified atom stereocenters. The van der Waals surface area contributed by atoms with Crippen LogP contribution in [-0.4, -0.2) is 24.9 Å². The summed E-state index contributed by atoms with van der Waals surface area (Å²) < 4.78 is 11.0. The third kappa shape index (κ3) is 6.42. The summed E-state index contributed by atoms with van der Waals surface area (Å²) in [5.41, 5.74) is 3.96. The molecular weight excluding hydrogens is 382 g/mol. The van der Waals surface area contributed by atoms with Gasteiger partial charge in [-0.3, -0.25) is 15.5 Å². The van der Waals surface area contributed by atoms with Crippen LogP contribution in [0.4, 0.5) is 11.4 Å². The van der Waals surface area contributed by atoms with Crippen LogP contribution >= 0.6 is 11.6 Å². The largest absolute Gasteiger partial charge is 0.493 e. The van der Waals surface area contributed by atoms with Gasteiger partial charge in [-0.15, -0.1) is 0 Å². The van der Waals surface area contributed by atoms with Crippen molar-refractivity contribution < 1.29 is 14.4 Å². The first-order chi connectivity index (χ1) is 13.5. The molecule has 28 heavy (non-hydrogen) atoms. The number of unbranched alkanes of at least 4 members (excludes halogenated alkanes) is 3. The average molecular weight is 406 g/mol. The Morgan fingerprint density at radius 3 is 2.61 bits per heavy atom. The fraction of sp³-hybridized carbons (Fsp3) is 0.350. The SMILES string of the molecule is CCCCCCOc1c(OC)cc(/C=N/Nc2ccc(Cl)cc2)cc1[N+](=O)[O-]. The van der Waals surface area contributed by atoms with E-state index in [1.165, 1.54) is 19.4 Å². The van der Waals surface area contributed by atoms with Crippen LogP contribution in [0.5, 0.6) is 11.5 Å². The lowest BCUT2D eigenvalue weighted by Crippen LogP contribution is -2.04. The predicted octanol–water partition coefficient (Wildman–Crippen LogP) is 5.66. The number of methoxy groups -OCH3 is 1. The van der Waals surface area contributed by atoms with Crippen molar-refractivity contribution in [3.8, 4) is 11.5 Å². The Morgan fingerprint density at radius 2 is 1.96 bits per heavy atom. The van der Waals surface area contributed by atoms with Crippen molar-refractivity contribution in [3.63, 3.8) is 0 Å². The molecule has 7 nitrogen and oxygen atoms in total. The van der Waals surface area contributed by atoms with Crippen molar-refractivity contribution in [1.82, 2.24) is 0 Å². The molecule has 0 radical (unpaired) electrons. The fourth-order valence-electron chi connectivity index (χ4n) is 2.52. The zero-order chi connectivity index (χ0) is 20.4. The molecule has 0 saturated carbocycles. The van der Waals surface area contributed by atoms with Crippen molar-refractivity contribution >= 4 is 29.2 Å². The Morgan fingerprint density at radius 1 is 1.21 bits per heavy atom. The van der Waals surface area contributed by atoms with E-state index in [1.54, 1.807) is 30.3 Å². The second-order valence-electron chi connectivity index (χ2n) is 6.11. The molecule has 150 valence electrons.